The van der Waals surface area contributed by atoms with Gasteiger partial charge in [-0.05, 0) is 75.2 Å². The zero-order valence-corrected chi connectivity index (χ0v) is 22.3. The van der Waals surface area contributed by atoms with E-state index in [1.165, 1.54) is 43.5 Å². The summed E-state index contributed by atoms with van der Waals surface area (Å²) in [4.78, 5) is 21.6. The third-order valence-corrected chi connectivity index (χ3v) is 6.96. The predicted molar refractivity (Wildman–Crippen MR) is 141 cm³/mol. The summed E-state index contributed by atoms with van der Waals surface area (Å²) in [5.74, 6) is -0.958. The van der Waals surface area contributed by atoms with Crippen molar-refractivity contribution in [3.63, 3.8) is 0 Å². The number of hydrogen-bond donors (Lipinski definition) is 1. The van der Waals surface area contributed by atoms with Gasteiger partial charge in [-0.1, -0.05) is 23.8 Å². The monoisotopic (exact) mass is 535 g/mol. The van der Waals surface area contributed by atoms with Crippen molar-refractivity contribution in [1.29, 1.82) is 0 Å². The molecule has 0 aliphatic carbocycles. The van der Waals surface area contributed by atoms with Crippen LogP contribution in [0.1, 0.15) is 32.7 Å². The Labute approximate surface area is 220 Å². The molecule has 1 N–H and O–H groups in total. The fourth-order valence-corrected chi connectivity index (χ4v) is 4.97. The fourth-order valence-electron chi connectivity index (χ4n) is 3.99. The average Bonchev–Trinajstić information content (AvgIpc) is 2.85. The van der Waals surface area contributed by atoms with Gasteiger partial charge in [0.15, 0.2) is 5.03 Å². The number of ether oxygens (including phenoxy) is 2. The van der Waals surface area contributed by atoms with Gasteiger partial charge in [-0.3, -0.25) is 4.79 Å². The molecule has 0 fully saturated rings. The summed E-state index contributed by atoms with van der Waals surface area (Å²) < 4.78 is 53.7. The topological polar surface area (TPSA) is 107 Å². The highest BCUT2D eigenvalue weighted by Gasteiger charge is 2.25. The van der Waals surface area contributed by atoms with Gasteiger partial charge in [-0.2, -0.15) is 8.42 Å². The van der Waals surface area contributed by atoms with Crippen molar-refractivity contribution in [3.05, 3.63) is 94.4 Å². The summed E-state index contributed by atoms with van der Waals surface area (Å²) in [6.07, 6.45) is 0. The Balaban J connectivity index is 1.80. The number of nitrogens with one attached hydrogen (secondary N) is 1. The van der Waals surface area contributed by atoms with Crippen LogP contribution in [0.15, 0.2) is 65.7 Å². The molecule has 0 aliphatic rings. The molecular weight excluding hydrogens is 509 g/mol. The second-order valence-corrected chi connectivity index (χ2v) is 10.4. The Morgan fingerprint density at radius 2 is 1.63 bits per heavy atom. The largest absolute Gasteiger partial charge is 0.497 e. The van der Waals surface area contributed by atoms with Crippen molar-refractivity contribution in [2.75, 3.05) is 7.11 Å². The average molecular weight is 536 g/mol. The lowest BCUT2D eigenvalue weighted by Gasteiger charge is -2.16. The van der Waals surface area contributed by atoms with Crippen LogP contribution in [0, 0.1) is 33.5 Å². The van der Waals surface area contributed by atoms with E-state index in [4.69, 9.17) is 9.47 Å². The molecule has 0 atom stereocenters. The third-order valence-electron chi connectivity index (χ3n) is 5.73. The first-order chi connectivity index (χ1) is 18.0. The second-order valence-electron chi connectivity index (χ2n) is 8.78. The summed E-state index contributed by atoms with van der Waals surface area (Å²) in [5.41, 5.74) is 3.24. The molecule has 4 rings (SSSR count). The number of carbonyl (C=O) groups is 1. The molecule has 0 saturated carbocycles. The van der Waals surface area contributed by atoms with E-state index in [-0.39, 0.29) is 27.7 Å². The van der Waals surface area contributed by atoms with Gasteiger partial charge in [0.05, 0.1) is 12.8 Å². The van der Waals surface area contributed by atoms with Crippen LogP contribution in [0.25, 0.3) is 11.3 Å². The van der Waals surface area contributed by atoms with Crippen LogP contribution >= 0.6 is 0 Å². The van der Waals surface area contributed by atoms with Crippen LogP contribution in [0.2, 0.25) is 0 Å². The molecule has 0 radical (unpaired) electrons. The number of benzene rings is 2. The number of methoxy groups -OCH3 is 1. The maximum absolute atomic E-state index is 14.8. The molecule has 38 heavy (non-hydrogen) atoms. The minimum atomic E-state index is -4.29. The standard InChI is InChI=1S/C28H26FN3O5S/c1-16-13-17(2)26(18(3)14-16)37-28-22(27(33)32-38(34,35)25-8-6-7-19(4)30-25)11-12-24(31-28)21-10-9-20(36-5)15-23(21)29/h6-15H,1-5H3,(H,32,33). The summed E-state index contributed by atoms with van der Waals surface area (Å²) in [6, 6.07) is 15.3. The van der Waals surface area contributed by atoms with Crippen molar-refractivity contribution in [2.45, 2.75) is 32.7 Å². The van der Waals surface area contributed by atoms with E-state index >= 15 is 0 Å². The Hall–Kier alpha value is -4.31. The smallest absolute Gasteiger partial charge is 0.281 e. The molecule has 10 heteroatoms. The van der Waals surface area contributed by atoms with E-state index in [0.717, 1.165) is 16.7 Å². The number of pyridine rings is 2. The van der Waals surface area contributed by atoms with Gasteiger partial charge >= 0.3 is 0 Å². The maximum Gasteiger partial charge on any atom is 0.281 e. The molecule has 2 aromatic carbocycles. The number of nitrogens with zero attached hydrogens (tertiary/aromatic N) is 2. The Morgan fingerprint density at radius 3 is 2.26 bits per heavy atom. The molecule has 196 valence electrons. The number of aromatic nitrogens is 2. The summed E-state index contributed by atoms with van der Waals surface area (Å²) >= 11 is 0. The first kappa shape index (κ1) is 26.7. The molecule has 0 saturated heterocycles. The van der Waals surface area contributed by atoms with Gasteiger partial charge < -0.3 is 9.47 Å². The number of hydrogen-bond acceptors (Lipinski definition) is 7. The van der Waals surface area contributed by atoms with Crippen LogP contribution in [-0.2, 0) is 10.0 Å². The van der Waals surface area contributed by atoms with Crippen LogP contribution in [0.5, 0.6) is 17.4 Å². The van der Waals surface area contributed by atoms with Crippen LogP contribution < -0.4 is 14.2 Å². The minimum absolute atomic E-state index is 0.150. The van der Waals surface area contributed by atoms with Crippen molar-refractivity contribution >= 4 is 15.9 Å². The molecule has 8 nitrogen and oxygen atoms in total. The number of aryl methyl sites for hydroxylation is 4. The van der Waals surface area contributed by atoms with Gasteiger partial charge in [0.1, 0.15) is 22.9 Å². The summed E-state index contributed by atoms with van der Waals surface area (Å²) in [5, 5.41) is -0.302. The molecular formula is C28H26FN3O5S. The van der Waals surface area contributed by atoms with E-state index in [1.807, 2.05) is 37.6 Å². The van der Waals surface area contributed by atoms with E-state index in [1.54, 1.807) is 19.1 Å². The predicted octanol–water partition coefficient (Wildman–Crippen LogP) is 5.44. The van der Waals surface area contributed by atoms with Crippen molar-refractivity contribution in [3.8, 4) is 28.6 Å². The van der Waals surface area contributed by atoms with E-state index in [0.29, 0.717) is 17.2 Å². The van der Waals surface area contributed by atoms with Crippen molar-refractivity contribution in [1.82, 2.24) is 14.7 Å². The van der Waals surface area contributed by atoms with E-state index < -0.39 is 21.7 Å². The normalized spacial score (nSPS) is 11.2. The number of halogens is 1. The summed E-state index contributed by atoms with van der Waals surface area (Å²) in [7, 11) is -2.86. The van der Waals surface area contributed by atoms with Crippen LogP contribution in [0.3, 0.4) is 0 Å². The van der Waals surface area contributed by atoms with Gasteiger partial charge in [-0.15, -0.1) is 0 Å². The Kier molecular flexibility index (Phi) is 7.45. The molecule has 4 aromatic rings. The summed E-state index contributed by atoms with van der Waals surface area (Å²) in [6.45, 7) is 7.27. The van der Waals surface area contributed by atoms with Gasteiger partial charge in [0, 0.05) is 17.3 Å². The molecule has 0 spiro atoms. The number of rotatable bonds is 7. The zero-order chi connectivity index (χ0) is 27.6. The maximum atomic E-state index is 14.8. The van der Waals surface area contributed by atoms with Crippen LogP contribution in [-0.4, -0.2) is 31.4 Å². The first-order valence-corrected chi connectivity index (χ1v) is 13.1. The second kappa shape index (κ2) is 10.6. The lowest BCUT2D eigenvalue weighted by atomic mass is 10.1. The van der Waals surface area contributed by atoms with Gasteiger partial charge in [0.25, 0.3) is 15.9 Å². The van der Waals surface area contributed by atoms with E-state index in [9.17, 15) is 17.6 Å². The zero-order valence-electron chi connectivity index (χ0n) is 21.5. The molecule has 2 aromatic heterocycles. The van der Waals surface area contributed by atoms with E-state index in [2.05, 4.69) is 9.97 Å². The fraction of sp³-hybridized carbons (Fsp3) is 0.179. The highest BCUT2D eigenvalue weighted by molar-refractivity contribution is 7.90. The number of sulfonamides is 1. The molecule has 2 heterocycles. The van der Waals surface area contributed by atoms with Gasteiger partial charge in [-0.25, -0.2) is 19.1 Å². The van der Waals surface area contributed by atoms with Crippen molar-refractivity contribution < 1.29 is 27.1 Å². The SMILES string of the molecule is COc1ccc(-c2ccc(C(=O)NS(=O)(=O)c3cccc(C)n3)c(Oc3c(C)cc(C)cc3C)n2)c(F)c1. The lowest BCUT2D eigenvalue weighted by Crippen LogP contribution is -2.31. The molecule has 0 bridgehead atoms. The lowest BCUT2D eigenvalue weighted by molar-refractivity contribution is 0.0978. The third kappa shape index (κ3) is 5.65. The van der Waals surface area contributed by atoms with Crippen LogP contribution in [0.4, 0.5) is 4.39 Å². The highest BCUT2D eigenvalue weighted by Crippen LogP contribution is 2.33. The molecule has 0 aliphatic heterocycles. The first-order valence-electron chi connectivity index (χ1n) is 11.6. The quantitative estimate of drug-likeness (QED) is 0.336. The molecule has 0 unspecified atom stereocenters. The molecule has 1 amide bonds. The number of carbonyl (C=O) groups excluding carboxylic acids is 1. The minimum Gasteiger partial charge on any atom is -0.497 e. The van der Waals surface area contributed by atoms with Gasteiger partial charge in [0.2, 0.25) is 5.88 Å². The Bertz CT molecular complexity index is 1630. The Morgan fingerprint density at radius 1 is 0.921 bits per heavy atom. The van der Waals surface area contributed by atoms with Crippen molar-refractivity contribution in [2.24, 2.45) is 0 Å². The number of amides is 1. The highest BCUT2D eigenvalue weighted by atomic mass is 32.2.